The Morgan fingerprint density at radius 1 is 0.743 bits per heavy atom. The molecule has 3 aromatic rings. The van der Waals surface area contributed by atoms with Crippen LogP contribution in [-0.4, -0.2) is 38.1 Å². The summed E-state index contributed by atoms with van der Waals surface area (Å²) in [6.45, 7) is 10.2. The molecule has 9 heteroatoms. The van der Waals surface area contributed by atoms with E-state index in [-0.39, 0.29) is 17.1 Å². The Balaban J connectivity index is 2.16. The van der Waals surface area contributed by atoms with Gasteiger partial charge in [-0.15, -0.1) is 0 Å². The predicted octanol–water partition coefficient (Wildman–Crippen LogP) is 5.76. The van der Waals surface area contributed by atoms with Crippen LogP contribution >= 0.6 is 11.6 Å². The molecule has 0 N–H and O–H groups in total. The monoisotopic (exact) mass is 496 g/mol. The van der Waals surface area contributed by atoms with Crippen LogP contribution in [-0.2, 0) is 19.1 Å². The van der Waals surface area contributed by atoms with Gasteiger partial charge < -0.3 is 9.47 Å². The molecule has 0 aliphatic carbocycles. The summed E-state index contributed by atoms with van der Waals surface area (Å²) in [6.07, 6.45) is 0. The molecular weight excluding hydrogens is 468 g/mol. The van der Waals surface area contributed by atoms with E-state index in [4.69, 9.17) is 21.1 Å². The molecule has 0 fully saturated rings. The molecule has 0 bridgehead atoms. The van der Waals surface area contributed by atoms with E-state index in [1.165, 1.54) is 0 Å². The Morgan fingerprint density at radius 2 is 1.17 bits per heavy atom. The summed E-state index contributed by atoms with van der Waals surface area (Å²) in [4.78, 5) is 41.0. The van der Waals surface area contributed by atoms with E-state index in [9.17, 15) is 9.59 Å². The van der Waals surface area contributed by atoms with Crippen LogP contribution in [0.3, 0.4) is 0 Å². The number of esters is 2. The summed E-state index contributed by atoms with van der Waals surface area (Å²) in [6, 6.07) is 18.8. The summed E-state index contributed by atoms with van der Waals surface area (Å²) in [5.41, 5.74) is -0.204. The lowest BCUT2D eigenvalue weighted by atomic mass is 10.1. The molecule has 1 heterocycles. The highest BCUT2D eigenvalue weighted by Crippen LogP contribution is 2.33. The van der Waals surface area contributed by atoms with Crippen molar-refractivity contribution in [3.8, 4) is 0 Å². The van der Waals surface area contributed by atoms with Gasteiger partial charge in [-0.2, -0.15) is 9.97 Å². The fourth-order valence-corrected chi connectivity index (χ4v) is 3.31. The molecule has 0 unspecified atom stereocenters. The summed E-state index contributed by atoms with van der Waals surface area (Å²) < 4.78 is 11.0. The van der Waals surface area contributed by atoms with Gasteiger partial charge in [-0.3, -0.25) is 14.5 Å². The second-order valence-corrected chi connectivity index (χ2v) is 10.1. The SMILES string of the molecule is CC(C)(C)OC(=O)C(C(=O)OC(C)(C)C)c1nc(Cl)nc(N(c2ccccc2)c2ccccc2)n1. The molecule has 0 aliphatic rings. The van der Waals surface area contributed by atoms with E-state index < -0.39 is 29.1 Å². The number of hydrogen-bond acceptors (Lipinski definition) is 8. The van der Waals surface area contributed by atoms with Gasteiger partial charge in [-0.1, -0.05) is 36.4 Å². The van der Waals surface area contributed by atoms with E-state index in [2.05, 4.69) is 15.0 Å². The maximum atomic E-state index is 13.1. The number of ether oxygens (including phenoxy) is 2. The molecule has 1 aromatic heterocycles. The first kappa shape index (κ1) is 26.1. The van der Waals surface area contributed by atoms with E-state index in [0.29, 0.717) is 0 Å². The topological polar surface area (TPSA) is 94.5 Å². The van der Waals surface area contributed by atoms with Gasteiger partial charge in [0.25, 0.3) is 0 Å². The average molecular weight is 497 g/mol. The van der Waals surface area contributed by atoms with Gasteiger partial charge in [0.2, 0.25) is 17.1 Å². The van der Waals surface area contributed by atoms with E-state index in [1.54, 1.807) is 46.4 Å². The molecule has 0 saturated heterocycles. The number of halogens is 1. The van der Waals surface area contributed by atoms with Crippen molar-refractivity contribution in [1.82, 2.24) is 15.0 Å². The van der Waals surface area contributed by atoms with Crippen LogP contribution in [0.15, 0.2) is 60.7 Å². The van der Waals surface area contributed by atoms with Crippen molar-refractivity contribution in [2.24, 2.45) is 0 Å². The smallest absolute Gasteiger partial charge is 0.328 e. The van der Waals surface area contributed by atoms with Crippen molar-refractivity contribution in [3.05, 3.63) is 71.8 Å². The maximum absolute atomic E-state index is 13.1. The molecule has 0 radical (unpaired) electrons. The minimum atomic E-state index is -1.55. The summed E-state index contributed by atoms with van der Waals surface area (Å²) in [5, 5.41) is -0.182. The number of benzene rings is 2. The largest absolute Gasteiger partial charge is 0.459 e. The molecule has 2 aromatic carbocycles. The second kappa shape index (κ2) is 10.4. The predicted molar refractivity (Wildman–Crippen MR) is 134 cm³/mol. The number of para-hydroxylation sites is 2. The fourth-order valence-electron chi connectivity index (χ4n) is 3.15. The van der Waals surface area contributed by atoms with Crippen LogP contribution < -0.4 is 4.90 Å². The third-order valence-corrected chi connectivity index (χ3v) is 4.55. The number of hydrogen-bond donors (Lipinski definition) is 0. The Hall–Kier alpha value is -3.52. The van der Waals surface area contributed by atoms with Crippen LogP contribution in [0.5, 0.6) is 0 Å². The van der Waals surface area contributed by atoms with Crippen LogP contribution in [0.4, 0.5) is 17.3 Å². The Labute approximate surface area is 210 Å². The Bertz CT molecular complexity index is 1110. The van der Waals surface area contributed by atoms with Crippen molar-refractivity contribution in [2.75, 3.05) is 4.90 Å². The molecule has 0 saturated carbocycles. The van der Waals surface area contributed by atoms with Crippen molar-refractivity contribution in [2.45, 2.75) is 58.7 Å². The maximum Gasteiger partial charge on any atom is 0.328 e. The highest BCUT2D eigenvalue weighted by Gasteiger charge is 2.39. The molecule has 184 valence electrons. The first-order chi connectivity index (χ1) is 16.3. The van der Waals surface area contributed by atoms with Gasteiger partial charge in [-0.25, -0.2) is 4.98 Å². The number of carbonyl (C=O) groups excluding carboxylic acids is 2. The van der Waals surface area contributed by atoms with E-state index in [1.807, 2.05) is 60.7 Å². The first-order valence-corrected chi connectivity index (χ1v) is 11.5. The highest BCUT2D eigenvalue weighted by atomic mass is 35.5. The highest BCUT2D eigenvalue weighted by molar-refractivity contribution is 6.28. The number of rotatable bonds is 6. The van der Waals surface area contributed by atoms with Gasteiger partial charge in [0, 0.05) is 11.4 Å². The molecule has 3 rings (SSSR count). The van der Waals surface area contributed by atoms with Crippen LogP contribution in [0.25, 0.3) is 0 Å². The summed E-state index contributed by atoms with van der Waals surface area (Å²) in [5.74, 6) is -3.27. The van der Waals surface area contributed by atoms with E-state index >= 15 is 0 Å². The zero-order valence-electron chi connectivity index (χ0n) is 20.7. The zero-order valence-corrected chi connectivity index (χ0v) is 21.4. The average Bonchev–Trinajstić information content (AvgIpc) is 2.73. The first-order valence-electron chi connectivity index (χ1n) is 11.1. The lowest BCUT2D eigenvalue weighted by Crippen LogP contribution is -2.36. The van der Waals surface area contributed by atoms with Crippen molar-refractivity contribution < 1.29 is 19.1 Å². The lowest BCUT2D eigenvalue weighted by Gasteiger charge is -2.27. The quantitative estimate of drug-likeness (QED) is 0.314. The minimum Gasteiger partial charge on any atom is -0.459 e. The van der Waals surface area contributed by atoms with Gasteiger partial charge in [0.05, 0.1) is 0 Å². The van der Waals surface area contributed by atoms with Crippen LogP contribution in [0.2, 0.25) is 5.28 Å². The van der Waals surface area contributed by atoms with Gasteiger partial charge >= 0.3 is 11.9 Å². The number of nitrogens with zero attached hydrogens (tertiary/aromatic N) is 4. The van der Waals surface area contributed by atoms with Crippen molar-refractivity contribution in [3.63, 3.8) is 0 Å². The summed E-state index contributed by atoms with van der Waals surface area (Å²) >= 11 is 6.30. The number of anilines is 3. The Morgan fingerprint density at radius 3 is 1.57 bits per heavy atom. The molecule has 0 amide bonds. The van der Waals surface area contributed by atoms with E-state index in [0.717, 1.165) is 11.4 Å². The number of aromatic nitrogens is 3. The van der Waals surface area contributed by atoms with Gasteiger partial charge in [-0.05, 0) is 77.4 Å². The molecular formula is C26H29ClN4O4. The molecule has 0 atom stereocenters. The zero-order chi connectivity index (χ0) is 25.8. The Kier molecular flexibility index (Phi) is 7.75. The standard InChI is InChI=1S/C26H29ClN4O4/c1-25(2,3)34-21(32)19(22(33)35-26(4,5)6)20-28-23(27)30-24(29-20)31(17-13-9-7-10-14-17)18-15-11-8-12-16-18/h7-16,19H,1-6H3. The third-order valence-electron chi connectivity index (χ3n) is 4.39. The van der Waals surface area contributed by atoms with Gasteiger partial charge in [0.15, 0.2) is 5.82 Å². The van der Waals surface area contributed by atoms with Crippen LogP contribution in [0, 0.1) is 0 Å². The third kappa shape index (κ3) is 7.23. The van der Waals surface area contributed by atoms with Crippen molar-refractivity contribution >= 4 is 40.9 Å². The lowest BCUT2D eigenvalue weighted by molar-refractivity contribution is -0.169. The van der Waals surface area contributed by atoms with Crippen molar-refractivity contribution in [1.29, 1.82) is 0 Å². The second-order valence-electron chi connectivity index (χ2n) is 9.77. The molecule has 0 aliphatic heterocycles. The molecule has 0 spiro atoms. The molecule has 8 nitrogen and oxygen atoms in total. The number of carbonyl (C=O) groups is 2. The fraction of sp³-hybridized carbons (Fsp3) is 0.346. The summed E-state index contributed by atoms with van der Waals surface area (Å²) in [7, 11) is 0. The molecule has 35 heavy (non-hydrogen) atoms. The van der Waals surface area contributed by atoms with Gasteiger partial charge in [0.1, 0.15) is 11.2 Å². The van der Waals surface area contributed by atoms with Crippen LogP contribution in [0.1, 0.15) is 53.3 Å². The normalized spacial score (nSPS) is 11.8. The minimum absolute atomic E-state index is 0.134.